The zero-order valence-corrected chi connectivity index (χ0v) is 18.4. The first kappa shape index (κ1) is 22.4. The maximum absolute atomic E-state index is 12.8. The van der Waals surface area contributed by atoms with Crippen LogP contribution in [0.5, 0.6) is 0 Å². The summed E-state index contributed by atoms with van der Waals surface area (Å²) in [7, 11) is -4.25. The van der Waals surface area contributed by atoms with Crippen molar-refractivity contribution in [1.29, 1.82) is 5.26 Å². The number of aromatic nitrogens is 3. The molecular formula is C21H19F3N6O3S. The predicted octanol–water partition coefficient (Wildman–Crippen LogP) is 3.40. The number of nitrogens with zero attached hydrogens (tertiary/aromatic N) is 4. The van der Waals surface area contributed by atoms with Crippen LogP contribution in [-0.4, -0.2) is 40.2 Å². The first-order valence-electron chi connectivity index (χ1n) is 10.5. The molecule has 1 saturated carbocycles. The highest BCUT2D eigenvalue weighted by Crippen LogP contribution is 2.39. The highest BCUT2D eigenvalue weighted by molar-refractivity contribution is 7.89. The fraction of sp³-hybridized carbons (Fsp3) is 0.381. The molecule has 0 amide bonds. The molecule has 0 radical (unpaired) electrons. The molecule has 34 heavy (non-hydrogen) atoms. The number of anilines is 2. The largest absolute Gasteiger partial charge is 0.402 e. The van der Waals surface area contributed by atoms with Crippen molar-refractivity contribution in [2.24, 2.45) is 5.92 Å². The van der Waals surface area contributed by atoms with E-state index >= 15 is 0 Å². The molecule has 1 aromatic carbocycles. The van der Waals surface area contributed by atoms with Crippen LogP contribution in [0.1, 0.15) is 30.9 Å². The molecule has 1 aliphatic carbocycles. The number of rotatable bonds is 4. The zero-order valence-electron chi connectivity index (χ0n) is 17.6. The molecule has 3 aromatic rings. The van der Waals surface area contributed by atoms with Crippen LogP contribution in [0.2, 0.25) is 0 Å². The van der Waals surface area contributed by atoms with E-state index in [9.17, 15) is 31.6 Å². The van der Waals surface area contributed by atoms with Crippen molar-refractivity contribution < 1.29 is 21.6 Å². The minimum atomic E-state index is -4.66. The van der Waals surface area contributed by atoms with Gasteiger partial charge in [0.25, 0.3) is 5.56 Å². The second-order valence-corrected chi connectivity index (χ2v) is 10.3. The molecule has 9 nitrogen and oxygen atoms in total. The Bertz CT molecular complexity index is 1490. The van der Waals surface area contributed by atoms with Gasteiger partial charge >= 0.3 is 6.18 Å². The van der Waals surface area contributed by atoms with Crippen LogP contribution in [-0.2, 0) is 16.6 Å². The van der Waals surface area contributed by atoms with Gasteiger partial charge in [0, 0.05) is 18.4 Å². The molecule has 1 fully saturated rings. The maximum atomic E-state index is 12.8. The fourth-order valence-electron chi connectivity index (χ4n) is 4.75. The van der Waals surface area contributed by atoms with Crippen LogP contribution in [0, 0.1) is 17.2 Å². The molecule has 178 valence electrons. The third-order valence-electron chi connectivity index (χ3n) is 6.23. The van der Waals surface area contributed by atoms with E-state index in [0.29, 0.717) is 15.5 Å². The molecule has 3 heterocycles. The lowest BCUT2D eigenvalue weighted by atomic mass is 10.1. The predicted molar refractivity (Wildman–Crippen MR) is 116 cm³/mol. The number of nitriles is 1. The first-order valence-corrected chi connectivity index (χ1v) is 12.0. The number of aromatic amines is 1. The van der Waals surface area contributed by atoms with E-state index in [1.165, 1.54) is 24.4 Å². The van der Waals surface area contributed by atoms with Crippen LogP contribution in [0.15, 0.2) is 40.2 Å². The molecule has 2 atom stereocenters. The van der Waals surface area contributed by atoms with E-state index in [4.69, 9.17) is 0 Å². The van der Waals surface area contributed by atoms with Crippen LogP contribution >= 0.6 is 0 Å². The van der Waals surface area contributed by atoms with Crippen LogP contribution in [0.25, 0.3) is 10.9 Å². The Morgan fingerprint density at radius 2 is 2.06 bits per heavy atom. The van der Waals surface area contributed by atoms with Crippen LogP contribution in [0.3, 0.4) is 0 Å². The van der Waals surface area contributed by atoms with Crippen molar-refractivity contribution in [2.45, 2.75) is 42.9 Å². The van der Waals surface area contributed by atoms with Gasteiger partial charge in [-0.2, -0.15) is 27.8 Å². The summed E-state index contributed by atoms with van der Waals surface area (Å²) in [4.78, 5) is 15.0. The second-order valence-electron chi connectivity index (χ2n) is 8.43. The monoisotopic (exact) mass is 492 g/mol. The topological polar surface area (TPSA) is 124 Å². The number of hydrogen-bond donors (Lipinski definition) is 2. The third kappa shape index (κ3) is 3.72. The molecular weight excluding hydrogens is 473 g/mol. The van der Waals surface area contributed by atoms with Gasteiger partial charge in [-0.25, -0.2) is 8.42 Å². The number of pyridine rings is 1. The van der Waals surface area contributed by atoms with Gasteiger partial charge in [0.15, 0.2) is 5.82 Å². The van der Waals surface area contributed by atoms with Gasteiger partial charge in [-0.05, 0) is 49.1 Å². The van der Waals surface area contributed by atoms with Crippen molar-refractivity contribution in [1.82, 2.24) is 19.1 Å². The number of H-pyrrole nitrogens is 1. The molecule has 2 aromatic heterocycles. The Balaban J connectivity index is 1.52. The highest BCUT2D eigenvalue weighted by atomic mass is 32.2. The standard InChI is InChI=1S/C21H19F3N6O3S/c22-21(23,24)11-29-10-13-8-14(4-5-17(13)34(29,32)33)27-19-18-16(6-7-26-20(18)31)30(28-19)15-3-1-2-12(15)9-25/h4-8,12,15H,1-3,10-11H2,(H,26,31)(H,27,28). The van der Waals surface area contributed by atoms with E-state index in [2.05, 4.69) is 21.5 Å². The molecule has 0 saturated heterocycles. The highest BCUT2D eigenvalue weighted by Gasteiger charge is 2.42. The Hall–Kier alpha value is -3.37. The lowest BCUT2D eigenvalue weighted by Crippen LogP contribution is -2.34. The van der Waals surface area contributed by atoms with E-state index in [1.54, 1.807) is 10.7 Å². The number of alkyl halides is 3. The van der Waals surface area contributed by atoms with Gasteiger partial charge in [0.05, 0.1) is 28.4 Å². The summed E-state index contributed by atoms with van der Waals surface area (Å²) in [5, 5.41) is 17.4. The lowest BCUT2D eigenvalue weighted by Gasteiger charge is -2.16. The second kappa shape index (κ2) is 7.85. The van der Waals surface area contributed by atoms with Gasteiger partial charge in [-0.3, -0.25) is 9.48 Å². The van der Waals surface area contributed by atoms with Gasteiger partial charge in [0.1, 0.15) is 11.9 Å². The summed E-state index contributed by atoms with van der Waals surface area (Å²) in [6.45, 7) is -1.98. The van der Waals surface area contributed by atoms with Crippen molar-refractivity contribution >= 4 is 32.4 Å². The first-order chi connectivity index (χ1) is 16.1. The third-order valence-corrected chi connectivity index (χ3v) is 8.13. The summed E-state index contributed by atoms with van der Waals surface area (Å²) in [5.41, 5.74) is 0.754. The Morgan fingerprint density at radius 3 is 2.79 bits per heavy atom. The molecule has 1 aliphatic heterocycles. The van der Waals surface area contributed by atoms with E-state index in [0.717, 1.165) is 19.3 Å². The fourth-order valence-corrected chi connectivity index (χ4v) is 6.35. The number of halogens is 3. The number of sulfonamides is 1. The molecule has 13 heteroatoms. The van der Waals surface area contributed by atoms with Crippen molar-refractivity contribution in [3.8, 4) is 6.07 Å². The number of hydrogen-bond acceptors (Lipinski definition) is 6. The number of fused-ring (bicyclic) bond motifs is 2. The van der Waals surface area contributed by atoms with E-state index in [-0.39, 0.29) is 33.6 Å². The summed E-state index contributed by atoms with van der Waals surface area (Å²) >= 11 is 0. The molecule has 2 aliphatic rings. The van der Waals surface area contributed by atoms with E-state index < -0.39 is 34.8 Å². The summed E-state index contributed by atoms with van der Waals surface area (Å²) in [5.74, 6) is -0.0200. The number of nitrogens with one attached hydrogen (secondary N) is 2. The molecule has 0 bridgehead atoms. The molecule has 2 N–H and O–H groups in total. The maximum Gasteiger partial charge on any atom is 0.402 e. The summed E-state index contributed by atoms with van der Waals surface area (Å²) < 4.78 is 65.5. The summed E-state index contributed by atoms with van der Waals surface area (Å²) in [6, 6.07) is 7.92. The normalized spacial score (nSPS) is 22.1. The van der Waals surface area contributed by atoms with Crippen molar-refractivity contribution in [3.63, 3.8) is 0 Å². The quantitative estimate of drug-likeness (QED) is 0.575. The van der Waals surface area contributed by atoms with Crippen LogP contribution in [0.4, 0.5) is 24.7 Å². The van der Waals surface area contributed by atoms with Gasteiger partial charge in [0.2, 0.25) is 10.0 Å². The average Bonchev–Trinajstić information content (AvgIpc) is 3.43. The van der Waals surface area contributed by atoms with Gasteiger partial charge in [-0.1, -0.05) is 0 Å². The Morgan fingerprint density at radius 1 is 1.26 bits per heavy atom. The molecule has 0 spiro atoms. The van der Waals surface area contributed by atoms with E-state index in [1.807, 2.05) is 0 Å². The Kier molecular flexibility index (Phi) is 5.18. The smallest absolute Gasteiger partial charge is 0.338 e. The van der Waals surface area contributed by atoms with Gasteiger partial charge < -0.3 is 10.3 Å². The van der Waals surface area contributed by atoms with Crippen molar-refractivity contribution in [2.75, 3.05) is 11.9 Å². The lowest BCUT2D eigenvalue weighted by molar-refractivity contribution is -0.136. The minimum Gasteiger partial charge on any atom is -0.338 e. The van der Waals surface area contributed by atoms with Gasteiger partial charge in [-0.15, -0.1) is 0 Å². The van der Waals surface area contributed by atoms with Crippen LogP contribution < -0.4 is 10.9 Å². The van der Waals surface area contributed by atoms with Crippen molar-refractivity contribution in [3.05, 3.63) is 46.4 Å². The SMILES string of the molecule is N#CC1CCCC1n1nc(Nc2ccc3c(c2)CN(CC(F)(F)F)S3(=O)=O)c2c(=O)[nH]ccc21. The molecule has 5 rings (SSSR count). The Labute approximate surface area is 191 Å². The minimum absolute atomic E-state index is 0.182. The zero-order chi connectivity index (χ0) is 24.3. The molecule has 2 unspecified atom stereocenters. The average molecular weight is 492 g/mol. The number of benzene rings is 1. The summed E-state index contributed by atoms with van der Waals surface area (Å²) in [6.07, 6.45) is -0.817.